The van der Waals surface area contributed by atoms with Gasteiger partial charge in [0.15, 0.2) is 0 Å². The first-order valence-corrected chi connectivity index (χ1v) is 11.1. The number of benzene rings is 2. The standard InChI is InChI=1S/2C14H17.2ClH.Zr/c2*1-2-3-4-7-12-10-13-8-5-6-9-14(13)11-12;;;/h2*5-6,8-11H,2-4,7H2,1H3;2*1H;/q2*-1;;;+4/p-2. The second-order valence-corrected chi connectivity index (χ2v) is 7.90. The van der Waals surface area contributed by atoms with Gasteiger partial charge in [-0.3, -0.25) is 0 Å². The third-order valence-corrected chi connectivity index (χ3v) is 5.49. The fourth-order valence-corrected chi connectivity index (χ4v) is 3.88. The van der Waals surface area contributed by atoms with Crippen LogP contribution >= 0.6 is 0 Å². The topological polar surface area (TPSA) is 0 Å². The Hall–Kier alpha value is -0.877. The zero-order valence-corrected chi connectivity index (χ0v) is 22.8. The molecule has 0 atom stereocenters. The number of hydrogen-bond donors (Lipinski definition) is 0. The van der Waals surface area contributed by atoms with E-state index in [4.69, 9.17) is 0 Å². The van der Waals surface area contributed by atoms with Crippen molar-refractivity contribution in [1.29, 1.82) is 0 Å². The van der Waals surface area contributed by atoms with Gasteiger partial charge in [-0.15, -0.1) is 81.2 Å². The van der Waals surface area contributed by atoms with Crippen LogP contribution in [0.3, 0.4) is 0 Å². The summed E-state index contributed by atoms with van der Waals surface area (Å²) < 4.78 is 0. The quantitative estimate of drug-likeness (QED) is 0.242. The second-order valence-electron chi connectivity index (χ2n) is 7.90. The number of hydrogen-bond acceptors (Lipinski definition) is 0. The number of unbranched alkanes of at least 4 members (excludes halogenated alkanes) is 4. The molecule has 3 heteroatoms. The van der Waals surface area contributed by atoms with Crippen molar-refractivity contribution in [2.45, 2.75) is 65.2 Å². The van der Waals surface area contributed by atoms with Gasteiger partial charge in [0.25, 0.3) is 0 Å². The maximum Gasteiger partial charge on any atom is 4.00 e. The summed E-state index contributed by atoms with van der Waals surface area (Å²) in [4.78, 5) is 0. The zero-order valence-electron chi connectivity index (χ0n) is 18.8. The number of halogens is 2. The maximum atomic E-state index is 2.32. The first kappa shape index (κ1) is 30.1. The number of rotatable bonds is 8. The van der Waals surface area contributed by atoms with Crippen molar-refractivity contribution in [3.05, 3.63) is 83.9 Å². The molecule has 0 N–H and O–H groups in total. The van der Waals surface area contributed by atoms with Crippen LogP contribution in [-0.4, -0.2) is 0 Å². The van der Waals surface area contributed by atoms with Crippen LogP contribution < -0.4 is 24.8 Å². The molecule has 0 nitrogen and oxygen atoms in total. The Morgan fingerprint density at radius 2 is 0.968 bits per heavy atom. The van der Waals surface area contributed by atoms with Gasteiger partial charge in [-0.2, -0.15) is 12.1 Å². The van der Waals surface area contributed by atoms with Crippen LogP contribution in [0.2, 0.25) is 0 Å². The number of fused-ring (bicyclic) bond motifs is 2. The Labute approximate surface area is 220 Å². The van der Waals surface area contributed by atoms with E-state index in [1.807, 2.05) is 0 Å². The Morgan fingerprint density at radius 3 is 1.32 bits per heavy atom. The van der Waals surface area contributed by atoms with E-state index in [0.29, 0.717) is 0 Å². The Bertz CT molecular complexity index is 821. The van der Waals surface area contributed by atoms with Crippen molar-refractivity contribution < 1.29 is 51.0 Å². The minimum Gasteiger partial charge on any atom is -1.00 e. The molecule has 4 aromatic rings. The van der Waals surface area contributed by atoms with Crippen molar-refractivity contribution in [2.24, 2.45) is 0 Å². The molecule has 0 heterocycles. The molecule has 0 radical (unpaired) electrons. The van der Waals surface area contributed by atoms with E-state index >= 15 is 0 Å². The van der Waals surface area contributed by atoms with Crippen LogP contribution in [0, 0.1) is 0 Å². The first-order valence-electron chi connectivity index (χ1n) is 11.1. The van der Waals surface area contributed by atoms with Crippen LogP contribution in [0.15, 0.2) is 72.8 Å². The normalized spacial score (nSPS) is 9.87. The molecular formula is C28H34Cl2Zr. The predicted molar refractivity (Wildman–Crippen MR) is 126 cm³/mol. The molecule has 0 amide bonds. The molecule has 4 rings (SSSR count). The molecule has 0 saturated heterocycles. The summed E-state index contributed by atoms with van der Waals surface area (Å²) in [6.45, 7) is 4.50. The van der Waals surface area contributed by atoms with Crippen molar-refractivity contribution in [3.8, 4) is 0 Å². The molecular weight excluding hydrogens is 498 g/mol. The van der Waals surface area contributed by atoms with Crippen LogP contribution in [0.25, 0.3) is 21.5 Å². The van der Waals surface area contributed by atoms with Crippen LogP contribution in [0.1, 0.15) is 63.5 Å². The number of aryl methyl sites for hydroxylation is 2. The summed E-state index contributed by atoms with van der Waals surface area (Å²) >= 11 is 0. The SMILES string of the molecule is CCCCCc1cc2ccccc2[cH-]1.CCCCCc1cc2ccccc2[cH-]1.[Cl-].[Cl-].[Zr+4]. The van der Waals surface area contributed by atoms with Gasteiger partial charge in [-0.1, -0.05) is 64.5 Å². The maximum absolute atomic E-state index is 2.32. The third kappa shape index (κ3) is 9.65. The Balaban J connectivity index is 0.000000529. The van der Waals surface area contributed by atoms with E-state index in [9.17, 15) is 0 Å². The van der Waals surface area contributed by atoms with Crippen molar-refractivity contribution in [1.82, 2.24) is 0 Å². The molecule has 0 aliphatic heterocycles. The minimum atomic E-state index is 0. The fraction of sp³-hybridized carbons (Fsp3) is 0.357. The van der Waals surface area contributed by atoms with Gasteiger partial charge < -0.3 is 24.8 Å². The summed E-state index contributed by atoms with van der Waals surface area (Å²) in [5, 5.41) is 5.55. The second kappa shape index (κ2) is 16.7. The molecule has 4 aromatic carbocycles. The van der Waals surface area contributed by atoms with Crippen molar-refractivity contribution in [2.75, 3.05) is 0 Å². The summed E-state index contributed by atoms with van der Waals surface area (Å²) in [7, 11) is 0. The molecule has 31 heavy (non-hydrogen) atoms. The molecule has 0 aliphatic carbocycles. The molecule has 0 unspecified atom stereocenters. The first-order chi connectivity index (χ1) is 13.8. The average Bonchev–Trinajstić information content (AvgIpc) is 3.32. The summed E-state index contributed by atoms with van der Waals surface area (Å²) in [5.74, 6) is 0. The largest absolute Gasteiger partial charge is 4.00 e. The molecule has 0 spiro atoms. The van der Waals surface area contributed by atoms with Crippen molar-refractivity contribution in [3.63, 3.8) is 0 Å². The van der Waals surface area contributed by atoms with E-state index in [2.05, 4.69) is 86.6 Å². The van der Waals surface area contributed by atoms with Gasteiger partial charge in [-0.05, 0) is 12.8 Å². The summed E-state index contributed by atoms with van der Waals surface area (Å²) in [6.07, 6.45) is 10.4. The Morgan fingerprint density at radius 1 is 0.581 bits per heavy atom. The van der Waals surface area contributed by atoms with Gasteiger partial charge in [0.2, 0.25) is 0 Å². The predicted octanol–water partition coefficient (Wildman–Crippen LogP) is 2.59. The minimum absolute atomic E-state index is 0. The van der Waals surface area contributed by atoms with Crippen LogP contribution in [0.5, 0.6) is 0 Å². The van der Waals surface area contributed by atoms with E-state index in [0.717, 1.165) is 0 Å². The van der Waals surface area contributed by atoms with Crippen molar-refractivity contribution >= 4 is 21.5 Å². The van der Waals surface area contributed by atoms with Gasteiger partial charge in [-0.25, -0.2) is 0 Å². The van der Waals surface area contributed by atoms with Crippen LogP contribution in [-0.2, 0) is 39.0 Å². The molecule has 0 aromatic heterocycles. The van der Waals surface area contributed by atoms with Gasteiger partial charge in [0, 0.05) is 0 Å². The van der Waals surface area contributed by atoms with E-state index in [1.54, 1.807) is 0 Å². The fourth-order valence-electron chi connectivity index (χ4n) is 3.88. The molecule has 164 valence electrons. The van der Waals surface area contributed by atoms with Crippen LogP contribution in [0.4, 0.5) is 0 Å². The summed E-state index contributed by atoms with van der Waals surface area (Å²) in [5.41, 5.74) is 3.00. The van der Waals surface area contributed by atoms with Gasteiger partial charge in [0.1, 0.15) is 0 Å². The zero-order chi connectivity index (χ0) is 19.6. The monoisotopic (exact) mass is 530 g/mol. The van der Waals surface area contributed by atoms with Gasteiger partial charge >= 0.3 is 26.2 Å². The molecule has 0 bridgehead atoms. The van der Waals surface area contributed by atoms with E-state index < -0.39 is 0 Å². The average molecular weight is 533 g/mol. The van der Waals surface area contributed by atoms with Gasteiger partial charge in [0.05, 0.1) is 0 Å². The summed E-state index contributed by atoms with van der Waals surface area (Å²) in [6, 6.07) is 26.5. The molecule has 0 fully saturated rings. The molecule has 0 aliphatic rings. The van der Waals surface area contributed by atoms with E-state index in [-0.39, 0.29) is 51.0 Å². The third-order valence-electron chi connectivity index (χ3n) is 5.49. The Kier molecular flexibility index (Phi) is 16.2. The molecule has 0 saturated carbocycles. The smallest absolute Gasteiger partial charge is 1.00 e. The van der Waals surface area contributed by atoms with E-state index in [1.165, 1.54) is 84.0 Å².